The van der Waals surface area contributed by atoms with Gasteiger partial charge in [0.1, 0.15) is 0 Å². The van der Waals surface area contributed by atoms with Gasteiger partial charge in [-0.1, -0.05) is 29.8 Å². The van der Waals surface area contributed by atoms with Crippen LogP contribution in [0.1, 0.15) is 34.2 Å². The number of anilines is 1. The van der Waals surface area contributed by atoms with Gasteiger partial charge in [0.05, 0.1) is 18.2 Å². The molecule has 0 fully saturated rings. The van der Waals surface area contributed by atoms with E-state index in [1.807, 2.05) is 39.0 Å². The molecule has 0 aliphatic carbocycles. The van der Waals surface area contributed by atoms with Crippen molar-refractivity contribution in [3.05, 3.63) is 64.2 Å². The van der Waals surface area contributed by atoms with Crippen molar-refractivity contribution in [3.8, 4) is 6.07 Å². The van der Waals surface area contributed by atoms with E-state index in [0.717, 1.165) is 27.9 Å². The van der Waals surface area contributed by atoms with Gasteiger partial charge in [0.25, 0.3) is 5.91 Å². The highest BCUT2D eigenvalue weighted by molar-refractivity contribution is 5.96. The first kappa shape index (κ1) is 22.6. The van der Waals surface area contributed by atoms with Crippen molar-refractivity contribution >= 4 is 23.5 Å². The van der Waals surface area contributed by atoms with Crippen LogP contribution in [-0.2, 0) is 25.5 Å². The van der Waals surface area contributed by atoms with E-state index in [1.165, 1.54) is 0 Å². The van der Waals surface area contributed by atoms with Gasteiger partial charge < -0.3 is 15.4 Å². The van der Waals surface area contributed by atoms with Crippen LogP contribution in [0.3, 0.4) is 0 Å². The number of rotatable bonds is 8. The summed E-state index contributed by atoms with van der Waals surface area (Å²) in [7, 11) is 0. The molecule has 156 valence electrons. The van der Waals surface area contributed by atoms with Crippen LogP contribution in [0, 0.1) is 32.1 Å². The maximum atomic E-state index is 12.1. The molecule has 0 atom stereocenters. The molecule has 2 aromatic rings. The summed E-state index contributed by atoms with van der Waals surface area (Å²) in [5.41, 5.74) is 5.18. The third kappa shape index (κ3) is 7.06. The summed E-state index contributed by atoms with van der Waals surface area (Å²) in [4.78, 5) is 35.7. The topological polar surface area (TPSA) is 108 Å². The molecule has 0 aliphatic heterocycles. The fraction of sp³-hybridized carbons (Fsp3) is 0.304. The van der Waals surface area contributed by atoms with Gasteiger partial charge in [-0.25, -0.2) is 0 Å². The highest BCUT2D eigenvalue weighted by atomic mass is 16.5. The number of nitrogens with zero attached hydrogens (tertiary/aromatic N) is 1. The number of esters is 1. The number of benzene rings is 2. The lowest BCUT2D eigenvalue weighted by Crippen LogP contribution is -2.35. The van der Waals surface area contributed by atoms with Crippen molar-refractivity contribution in [2.45, 2.75) is 33.6 Å². The van der Waals surface area contributed by atoms with Gasteiger partial charge >= 0.3 is 5.97 Å². The van der Waals surface area contributed by atoms with Crippen LogP contribution in [0.4, 0.5) is 5.69 Å². The number of carbonyl (C=O) groups excluding carboxylic acids is 3. The number of nitriles is 1. The second-order valence-electron chi connectivity index (χ2n) is 7.07. The standard InChI is InChI=1S/C23H25N3O4/c1-15-10-16(2)23(17(3)11-15)26-20(27)13-25-21(28)14-30-22(29)9-8-18-4-6-19(12-24)7-5-18/h4-7,10-11H,8-9,13-14H2,1-3H3,(H,25,28)(H,26,27). The smallest absolute Gasteiger partial charge is 0.306 e. The average Bonchev–Trinajstić information content (AvgIpc) is 2.72. The van der Waals surface area contributed by atoms with E-state index in [0.29, 0.717) is 12.0 Å². The number of ether oxygens (including phenoxy) is 1. The molecule has 0 heterocycles. The summed E-state index contributed by atoms with van der Waals surface area (Å²) >= 11 is 0. The Bertz CT molecular complexity index is 952. The van der Waals surface area contributed by atoms with Gasteiger partial charge in [-0.15, -0.1) is 0 Å². The molecule has 7 heteroatoms. The minimum atomic E-state index is -0.547. The van der Waals surface area contributed by atoms with E-state index in [2.05, 4.69) is 10.6 Å². The maximum Gasteiger partial charge on any atom is 0.306 e. The summed E-state index contributed by atoms with van der Waals surface area (Å²) in [6, 6.07) is 12.9. The highest BCUT2D eigenvalue weighted by Gasteiger charge is 2.12. The molecule has 2 amide bonds. The fourth-order valence-electron chi connectivity index (χ4n) is 3.00. The predicted molar refractivity (Wildman–Crippen MR) is 113 cm³/mol. The lowest BCUT2D eigenvalue weighted by atomic mass is 10.1. The van der Waals surface area contributed by atoms with E-state index in [9.17, 15) is 14.4 Å². The second kappa shape index (κ2) is 10.8. The molecular formula is C23H25N3O4. The number of hydrogen-bond acceptors (Lipinski definition) is 5. The normalized spacial score (nSPS) is 10.1. The lowest BCUT2D eigenvalue weighted by molar-refractivity contribution is -0.148. The Kier molecular flexibility index (Phi) is 8.12. The Morgan fingerprint density at radius 1 is 1.00 bits per heavy atom. The molecule has 0 radical (unpaired) electrons. The summed E-state index contributed by atoms with van der Waals surface area (Å²) in [5, 5.41) is 14.0. The Hall–Kier alpha value is -3.66. The monoisotopic (exact) mass is 407 g/mol. The zero-order chi connectivity index (χ0) is 22.1. The van der Waals surface area contributed by atoms with E-state index in [4.69, 9.17) is 10.00 Å². The van der Waals surface area contributed by atoms with Crippen LogP contribution in [0.2, 0.25) is 0 Å². The molecule has 7 nitrogen and oxygen atoms in total. The molecule has 2 N–H and O–H groups in total. The van der Waals surface area contributed by atoms with Crippen LogP contribution in [-0.4, -0.2) is 30.9 Å². The first-order valence-electron chi connectivity index (χ1n) is 9.57. The largest absolute Gasteiger partial charge is 0.456 e. The van der Waals surface area contributed by atoms with Gasteiger partial charge in [0.15, 0.2) is 6.61 Å². The van der Waals surface area contributed by atoms with Crippen molar-refractivity contribution < 1.29 is 19.1 Å². The average molecular weight is 407 g/mol. The van der Waals surface area contributed by atoms with Crippen LogP contribution in [0.25, 0.3) is 0 Å². The van der Waals surface area contributed by atoms with Gasteiger partial charge in [-0.3, -0.25) is 14.4 Å². The number of hydrogen-bond donors (Lipinski definition) is 2. The predicted octanol–water partition coefficient (Wildman–Crippen LogP) is 2.71. The SMILES string of the molecule is Cc1cc(C)c(NC(=O)CNC(=O)COC(=O)CCc2ccc(C#N)cc2)c(C)c1. The first-order chi connectivity index (χ1) is 14.3. The van der Waals surface area contributed by atoms with Crippen molar-refractivity contribution in [2.24, 2.45) is 0 Å². The lowest BCUT2D eigenvalue weighted by Gasteiger charge is -2.13. The molecule has 0 spiro atoms. The molecule has 0 saturated carbocycles. The summed E-state index contributed by atoms with van der Waals surface area (Å²) in [6.07, 6.45) is 0.565. The molecule has 0 aromatic heterocycles. The Labute approximate surface area is 176 Å². The molecule has 0 aliphatic rings. The van der Waals surface area contributed by atoms with Gasteiger partial charge in [-0.05, 0) is 56.0 Å². The fourth-order valence-corrected chi connectivity index (χ4v) is 3.00. The Balaban J connectivity index is 1.69. The van der Waals surface area contributed by atoms with Gasteiger partial charge in [-0.2, -0.15) is 5.26 Å². The maximum absolute atomic E-state index is 12.1. The van der Waals surface area contributed by atoms with Crippen LogP contribution < -0.4 is 10.6 Å². The zero-order valence-electron chi connectivity index (χ0n) is 17.4. The van der Waals surface area contributed by atoms with E-state index in [1.54, 1.807) is 24.3 Å². The second-order valence-corrected chi connectivity index (χ2v) is 7.07. The molecule has 0 unspecified atom stereocenters. The Morgan fingerprint density at radius 3 is 2.23 bits per heavy atom. The van der Waals surface area contributed by atoms with E-state index >= 15 is 0 Å². The Morgan fingerprint density at radius 2 is 1.63 bits per heavy atom. The van der Waals surface area contributed by atoms with Crippen molar-refractivity contribution in [2.75, 3.05) is 18.5 Å². The minimum Gasteiger partial charge on any atom is -0.456 e. The summed E-state index contributed by atoms with van der Waals surface area (Å²) in [5.74, 6) is -1.41. The molecule has 30 heavy (non-hydrogen) atoms. The third-order valence-electron chi connectivity index (χ3n) is 4.45. The summed E-state index contributed by atoms with van der Waals surface area (Å²) in [6.45, 7) is 5.14. The third-order valence-corrected chi connectivity index (χ3v) is 4.45. The van der Waals surface area contributed by atoms with Crippen LogP contribution >= 0.6 is 0 Å². The molecule has 0 saturated heterocycles. The summed E-state index contributed by atoms with van der Waals surface area (Å²) < 4.78 is 4.94. The first-order valence-corrected chi connectivity index (χ1v) is 9.57. The minimum absolute atomic E-state index is 0.117. The van der Waals surface area contributed by atoms with Crippen molar-refractivity contribution in [3.63, 3.8) is 0 Å². The zero-order valence-corrected chi connectivity index (χ0v) is 17.4. The van der Waals surface area contributed by atoms with E-state index < -0.39 is 18.5 Å². The molecule has 0 bridgehead atoms. The van der Waals surface area contributed by atoms with Crippen molar-refractivity contribution in [1.82, 2.24) is 5.32 Å². The molecule has 2 aromatic carbocycles. The quantitative estimate of drug-likeness (QED) is 0.654. The van der Waals surface area contributed by atoms with Crippen LogP contribution in [0.15, 0.2) is 36.4 Å². The van der Waals surface area contributed by atoms with Gasteiger partial charge in [0, 0.05) is 12.1 Å². The molecule has 2 rings (SSSR count). The number of amides is 2. The number of aryl methyl sites for hydroxylation is 4. The van der Waals surface area contributed by atoms with Crippen molar-refractivity contribution in [1.29, 1.82) is 5.26 Å². The van der Waals surface area contributed by atoms with Gasteiger partial charge in [0.2, 0.25) is 5.91 Å². The molecular weight excluding hydrogens is 382 g/mol. The number of nitrogens with one attached hydrogen (secondary N) is 2. The van der Waals surface area contributed by atoms with Crippen LogP contribution in [0.5, 0.6) is 0 Å². The number of carbonyl (C=O) groups is 3. The highest BCUT2D eigenvalue weighted by Crippen LogP contribution is 2.21. The van der Waals surface area contributed by atoms with E-state index in [-0.39, 0.29) is 18.9 Å².